The molecule has 0 aliphatic carbocycles. The first-order chi connectivity index (χ1) is 16.2. The van der Waals surface area contributed by atoms with Crippen LogP contribution in [0.2, 0.25) is 0 Å². The van der Waals surface area contributed by atoms with Crippen LogP contribution in [0.25, 0.3) is 0 Å². The molecule has 0 aliphatic heterocycles. The molecule has 3 aromatic rings. The highest BCUT2D eigenvalue weighted by Crippen LogP contribution is 2.57. The molecular formula is C21H12Br9O4P. The zero-order valence-electron chi connectivity index (χ0n) is 17.7. The number of halogens is 9. The van der Waals surface area contributed by atoms with E-state index in [-0.39, 0.29) is 0 Å². The molecule has 0 unspecified atom stereocenters. The smallest absolute Gasteiger partial charge is 0.384 e. The van der Waals surface area contributed by atoms with E-state index < -0.39 is 7.82 Å². The van der Waals surface area contributed by atoms with Crippen molar-refractivity contribution in [1.29, 1.82) is 0 Å². The van der Waals surface area contributed by atoms with Crippen LogP contribution in [0.4, 0.5) is 0 Å². The Morgan fingerprint density at radius 1 is 0.486 bits per heavy atom. The molecule has 0 spiro atoms. The minimum atomic E-state index is -4.35. The number of hydrogen-bond donors (Lipinski definition) is 0. The van der Waals surface area contributed by atoms with Gasteiger partial charge >= 0.3 is 7.82 Å². The molecule has 3 aromatic carbocycles. The van der Waals surface area contributed by atoms with E-state index in [0.29, 0.717) is 47.4 Å². The molecule has 0 atom stereocenters. The molecule has 3 rings (SSSR count). The highest BCUT2D eigenvalue weighted by atomic mass is 79.9. The molecule has 4 nitrogen and oxygen atoms in total. The monoisotopic (exact) mass is 1070 g/mol. The maximum atomic E-state index is 14.4. The minimum absolute atomic E-state index is 0.304. The van der Waals surface area contributed by atoms with Crippen LogP contribution >= 0.6 is 151 Å². The van der Waals surface area contributed by atoms with Gasteiger partial charge in [0.1, 0.15) is 0 Å². The van der Waals surface area contributed by atoms with Crippen LogP contribution in [0.15, 0.2) is 58.5 Å². The van der Waals surface area contributed by atoms with E-state index in [2.05, 4.69) is 143 Å². The molecule has 0 aliphatic rings. The summed E-state index contributed by atoms with van der Waals surface area (Å²) in [5.41, 5.74) is 2.08. The van der Waals surface area contributed by atoms with Gasteiger partial charge in [0.05, 0.1) is 13.4 Å². The Kier molecular flexibility index (Phi) is 11.0. The summed E-state index contributed by atoms with van der Waals surface area (Å²) in [5, 5.41) is 0. The Morgan fingerprint density at radius 3 is 0.943 bits per heavy atom. The lowest BCUT2D eigenvalue weighted by molar-refractivity contribution is 0.294. The molecule has 0 heterocycles. The Morgan fingerprint density at radius 2 is 0.714 bits per heavy atom. The summed E-state index contributed by atoms with van der Waals surface area (Å²) in [6.45, 7) is 5.48. The minimum Gasteiger partial charge on any atom is -0.384 e. The Hall–Kier alpha value is 1.61. The van der Waals surface area contributed by atoms with Crippen molar-refractivity contribution in [2.24, 2.45) is 0 Å². The largest absolute Gasteiger partial charge is 0.647 e. The van der Waals surface area contributed by atoms with Gasteiger partial charge < -0.3 is 13.6 Å². The van der Waals surface area contributed by atoms with Gasteiger partial charge in [-0.15, -0.1) is 0 Å². The molecule has 0 saturated heterocycles. The van der Waals surface area contributed by atoms with E-state index in [4.69, 9.17) is 13.6 Å². The van der Waals surface area contributed by atoms with Crippen molar-refractivity contribution in [3.05, 3.63) is 75.1 Å². The number of benzene rings is 3. The SMILES string of the molecule is Cc1c(Br)c(Br)cc(Br)c1OP(=O)(Oc1c(Br)cc(Br)c(Br)c1C)Oc1c(Br)cc(Br)c(Br)c1C. The van der Waals surface area contributed by atoms with Gasteiger partial charge in [-0.2, -0.15) is 4.57 Å². The van der Waals surface area contributed by atoms with Crippen molar-refractivity contribution in [1.82, 2.24) is 0 Å². The van der Waals surface area contributed by atoms with Gasteiger partial charge in [-0.3, -0.25) is 0 Å². The van der Waals surface area contributed by atoms with Gasteiger partial charge in [0, 0.05) is 43.5 Å². The van der Waals surface area contributed by atoms with Crippen molar-refractivity contribution in [3.63, 3.8) is 0 Å². The zero-order valence-corrected chi connectivity index (χ0v) is 32.9. The molecule has 0 saturated carbocycles. The lowest BCUT2D eigenvalue weighted by atomic mass is 10.2. The Bertz CT molecular complexity index is 1230. The van der Waals surface area contributed by atoms with E-state index in [9.17, 15) is 4.57 Å². The average molecular weight is 1080 g/mol. The second-order valence-corrected chi connectivity index (χ2v) is 16.0. The van der Waals surface area contributed by atoms with Crippen LogP contribution in [0.3, 0.4) is 0 Å². The lowest BCUT2D eigenvalue weighted by Crippen LogP contribution is -2.11. The van der Waals surface area contributed by atoms with Crippen molar-refractivity contribution < 1.29 is 18.1 Å². The predicted molar refractivity (Wildman–Crippen MR) is 172 cm³/mol. The molecule has 0 aromatic heterocycles. The highest BCUT2D eigenvalue weighted by Gasteiger charge is 2.38. The molecule has 0 N–H and O–H groups in total. The van der Waals surface area contributed by atoms with Gasteiger partial charge in [0.25, 0.3) is 0 Å². The summed E-state index contributed by atoms with van der Waals surface area (Å²) in [6.07, 6.45) is 0. The first-order valence-corrected chi connectivity index (χ1v) is 17.9. The van der Waals surface area contributed by atoms with Crippen LogP contribution in [0.5, 0.6) is 17.2 Å². The van der Waals surface area contributed by atoms with Crippen LogP contribution in [0, 0.1) is 20.8 Å². The van der Waals surface area contributed by atoms with Gasteiger partial charge in [-0.1, -0.05) is 0 Å². The molecule has 35 heavy (non-hydrogen) atoms. The molecule has 188 valence electrons. The Balaban J connectivity index is 2.21. The third-order valence-corrected chi connectivity index (χ3v) is 14.2. The number of rotatable bonds is 6. The summed E-state index contributed by atoms with van der Waals surface area (Å²) in [6, 6.07) is 5.35. The summed E-state index contributed by atoms with van der Waals surface area (Å²) in [4.78, 5) is 0. The van der Waals surface area contributed by atoms with Gasteiger partial charge in [0.2, 0.25) is 0 Å². The first-order valence-electron chi connectivity index (χ1n) is 9.28. The maximum Gasteiger partial charge on any atom is 0.647 e. The van der Waals surface area contributed by atoms with Gasteiger partial charge in [-0.25, -0.2) is 0 Å². The zero-order chi connectivity index (χ0) is 26.4. The number of phosphoric acid groups is 1. The van der Waals surface area contributed by atoms with Crippen LogP contribution in [-0.4, -0.2) is 0 Å². The normalized spacial score (nSPS) is 11.5. The highest BCUT2D eigenvalue weighted by molar-refractivity contribution is 9.14. The summed E-state index contributed by atoms with van der Waals surface area (Å²) in [5.74, 6) is 0.912. The van der Waals surface area contributed by atoms with Crippen LogP contribution < -0.4 is 13.6 Å². The fourth-order valence-electron chi connectivity index (χ4n) is 2.82. The molecule has 0 fully saturated rings. The standard InChI is InChI=1S/C21H12Br9O4P/c1-7-16(28)10(22)4-13(25)19(7)32-35(31,33-20-8(2)17(29)11(23)5-14(20)26)34-21-9(3)18(30)12(24)6-15(21)27/h4-6H,1-3H3. The average Bonchev–Trinajstić information content (AvgIpc) is 2.78. The molecule has 0 amide bonds. The second-order valence-electron chi connectivity index (χ2n) is 7.05. The molecular weight excluding hydrogens is 1070 g/mol. The van der Waals surface area contributed by atoms with Gasteiger partial charge in [0.15, 0.2) is 17.2 Å². The van der Waals surface area contributed by atoms with Crippen molar-refractivity contribution in [2.45, 2.75) is 20.8 Å². The van der Waals surface area contributed by atoms with Crippen molar-refractivity contribution >= 4 is 151 Å². The van der Waals surface area contributed by atoms with Gasteiger partial charge in [-0.05, 0) is 182 Å². The molecule has 14 heteroatoms. The summed E-state index contributed by atoms with van der Waals surface area (Å²) < 4.78 is 39.0. The summed E-state index contributed by atoms with van der Waals surface area (Å²) >= 11 is 31.6. The lowest BCUT2D eigenvalue weighted by Gasteiger charge is -2.24. The third kappa shape index (κ3) is 6.85. The van der Waals surface area contributed by atoms with E-state index in [1.165, 1.54) is 0 Å². The van der Waals surface area contributed by atoms with Crippen molar-refractivity contribution in [2.75, 3.05) is 0 Å². The maximum absolute atomic E-state index is 14.4. The first kappa shape index (κ1) is 31.1. The van der Waals surface area contributed by atoms with Crippen molar-refractivity contribution in [3.8, 4) is 17.2 Å². The van der Waals surface area contributed by atoms with E-state index in [1.807, 2.05) is 20.8 Å². The third-order valence-electron chi connectivity index (χ3n) is 4.66. The molecule has 0 radical (unpaired) electrons. The van der Waals surface area contributed by atoms with E-state index in [0.717, 1.165) is 26.8 Å². The van der Waals surface area contributed by atoms with Crippen LogP contribution in [0.1, 0.15) is 16.7 Å². The second kappa shape index (κ2) is 12.4. The number of hydrogen-bond acceptors (Lipinski definition) is 4. The van der Waals surface area contributed by atoms with Crippen LogP contribution in [-0.2, 0) is 4.57 Å². The fourth-order valence-corrected chi connectivity index (χ4v) is 9.89. The van der Waals surface area contributed by atoms with E-state index in [1.54, 1.807) is 18.2 Å². The Labute approximate surface area is 278 Å². The molecule has 0 bridgehead atoms. The van der Waals surface area contributed by atoms with E-state index >= 15 is 0 Å². The predicted octanol–water partition coefficient (Wildman–Crippen LogP) is 13.1. The quantitative estimate of drug-likeness (QED) is 0.182. The fraction of sp³-hybridized carbons (Fsp3) is 0.143. The topological polar surface area (TPSA) is 44.8 Å². The summed E-state index contributed by atoms with van der Waals surface area (Å²) in [7, 11) is -4.35. The number of phosphoric ester groups is 1.